The Kier molecular flexibility index (Phi) is 6.56. The third kappa shape index (κ3) is 4.21. The fourth-order valence-electron chi connectivity index (χ4n) is 1.58. The number of aliphatic hydroxyl groups excluding tert-OH is 3. The van der Waals surface area contributed by atoms with Crippen LogP contribution in [0.1, 0.15) is 31.5 Å². The topological polar surface area (TPSA) is 91.4 Å². The van der Waals surface area contributed by atoms with Gasteiger partial charge >= 0.3 is 0 Å². The Bertz CT molecular complexity index is 365. The molecule has 18 heavy (non-hydrogen) atoms. The molecule has 3 N–H and O–H groups in total. The minimum absolute atomic E-state index is 0.00143. The highest BCUT2D eigenvalue weighted by Crippen LogP contribution is 2.12. The molecular weight excluding hydrogens is 234 g/mol. The van der Waals surface area contributed by atoms with E-state index in [0.29, 0.717) is 12.1 Å². The van der Waals surface area contributed by atoms with E-state index < -0.39 is 12.1 Å². The summed E-state index contributed by atoms with van der Waals surface area (Å²) in [5.74, 6) is 0. The summed E-state index contributed by atoms with van der Waals surface area (Å²) in [6.07, 6.45) is 6.70. The van der Waals surface area contributed by atoms with Crippen molar-refractivity contribution in [1.29, 1.82) is 0 Å². The Labute approximate surface area is 107 Å². The fourth-order valence-corrected chi connectivity index (χ4v) is 1.58. The van der Waals surface area contributed by atoms with Gasteiger partial charge in [0.15, 0.2) is 0 Å². The number of rotatable bonds is 8. The molecular formula is C12H21N3O3. The second-order valence-electron chi connectivity index (χ2n) is 4.12. The van der Waals surface area contributed by atoms with Gasteiger partial charge < -0.3 is 15.3 Å². The monoisotopic (exact) mass is 255 g/mol. The van der Waals surface area contributed by atoms with Crippen LogP contribution in [-0.4, -0.2) is 49.6 Å². The predicted octanol–water partition coefficient (Wildman–Crippen LogP) is 0.0635. The zero-order valence-corrected chi connectivity index (χ0v) is 10.6. The van der Waals surface area contributed by atoms with Gasteiger partial charge in [-0.2, -0.15) is 0 Å². The number of unbranched alkanes of at least 4 members (excludes halogenated alkanes) is 1. The maximum Gasteiger partial charge on any atom is 0.106 e. The van der Waals surface area contributed by atoms with E-state index in [1.165, 1.54) is 4.68 Å². The van der Waals surface area contributed by atoms with E-state index in [4.69, 9.17) is 5.11 Å². The number of allylic oxidation sites excluding steroid dienone is 1. The molecule has 0 spiro atoms. The number of aliphatic hydroxyl groups is 3. The first kappa shape index (κ1) is 14.8. The summed E-state index contributed by atoms with van der Waals surface area (Å²) >= 11 is 0. The van der Waals surface area contributed by atoms with E-state index in [-0.39, 0.29) is 13.2 Å². The first-order chi connectivity index (χ1) is 8.72. The summed E-state index contributed by atoms with van der Waals surface area (Å²) in [6, 6.07) is -0.543. The van der Waals surface area contributed by atoms with Gasteiger partial charge in [0.05, 0.1) is 18.4 Å². The van der Waals surface area contributed by atoms with Crippen molar-refractivity contribution < 1.29 is 15.3 Å². The third-order valence-electron chi connectivity index (χ3n) is 2.64. The summed E-state index contributed by atoms with van der Waals surface area (Å²) in [6.45, 7) is 1.83. The average molecular weight is 255 g/mol. The molecule has 1 aromatic rings. The van der Waals surface area contributed by atoms with Crippen molar-refractivity contribution >= 4 is 0 Å². The summed E-state index contributed by atoms with van der Waals surface area (Å²) in [7, 11) is 0. The van der Waals surface area contributed by atoms with Gasteiger partial charge in [0.2, 0.25) is 0 Å². The lowest BCUT2D eigenvalue weighted by molar-refractivity contribution is 0.0974. The SMILES string of the molecule is CCC/C=C/[C@@H](O)[C@H](CO)n1cc(CCO)nn1. The van der Waals surface area contributed by atoms with E-state index in [1.54, 1.807) is 12.3 Å². The van der Waals surface area contributed by atoms with E-state index in [0.717, 1.165) is 12.8 Å². The molecule has 0 bridgehead atoms. The molecule has 0 fully saturated rings. The molecule has 0 aliphatic heterocycles. The van der Waals surface area contributed by atoms with Crippen molar-refractivity contribution in [3.05, 3.63) is 24.0 Å². The summed E-state index contributed by atoms with van der Waals surface area (Å²) in [5.41, 5.74) is 0.640. The number of hydrogen-bond donors (Lipinski definition) is 3. The van der Waals surface area contributed by atoms with Crippen LogP contribution < -0.4 is 0 Å². The van der Waals surface area contributed by atoms with Crippen LogP contribution in [0.2, 0.25) is 0 Å². The van der Waals surface area contributed by atoms with E-state index in [9.17, 15) is 10.2 Å². The van der Waals surface area contributed by atoms with Gasteiger partial charge in [0.1, 0.15) is 6.04 Å². The van der Waals surface area contributed by atoms with Gasteiger partial charge in [-0.25, -0.2) is 4.68 Å². The van der Waals surface area contributed by atoms with Gasteiger partial charge in [-0.1, -0.05) is 30.7 Å². The van der Waals surface area contributed by atoms with Crippen LogP contribution in [0, 0.1) is 0 Å². The molecule has 1 aromatic heterocycles. The van der Waals surface area contributed by atoms with Gasteiger partial charge in [-0.15, -0.1) is 5.10 Å². The van der Waals surface area contributed by atoms with Gasteiger partial charge in [-0.3, -0.25) is 0 Å². The standard InChI is InChI=1S/C12H21N3O3/c1-2-3-4-5-12(18)11(9-17)15-8-10(6-7-16)13-14-15/h4-5,8,11-12,16-18H,2-3,6-7,9H2,1H3/b5-4+/t11-,12+/m0/s1. The molecule has 6 nitrogen and oxygen atoms in total. The van der Waals surface area contributed by atoms with Crippen LogP contribution in [0.15, 0.2) is 18.3 Å². The molecule has 6 heteroatoms. The van der Waals surface area contributed by atoms with Crippen LogP contribution in [0.4, 0.5) is 0 Å². The van der Waals surface area contributed by atoms with Crippen LogP contribution in [0.3, 0.4) is 0 Å². The zero-order chi connectivity index (χ0) is 13.4. The van der Waals surface area contributed by atoms with Crippen LogP contribution in [0.25, 0.3) is 0 Å². The number of hydrogen-bond acceptors (Lipinski definition) is 5. The minimum atomic E-state index is -0.801. The highest BCUT2D eigenvalue weighted by molar-refractivity contribution is 4.98. The molecule has 0 unspecified atom stereocenters. The molecule has 102 valence electrons. The largest absolute Gasteiger partial charge is 0.396 e. The van der Waals surface area contributed by atoms with Crippen molar-refractivity contribution in [3.8, 4) is 0 Å². The predicted molar refractivity (Wildman–Crippen MR) is 67.0 cm³/mol. The lowest BCUT2D eigenvalue weighted by atomic mass is 10.1. The number of aromatic nitrogens is 3. The molecule has 0 aliphatic rings. The molecule has 0 aromatic carbocycles. The van der Waals surface area contributed by atoms with E-state index >= 15 is 0 Å². The molecule has 1 rings (SSSR count). The summed E-state index contributed by atoms with van der Waals surface area (Å²) in [5, 5.41) is 35.8. The van der Waals surface area contributed by atoms with Crippen molar-refractivity contribution in [2.45, 2.75) is 38.3 Å². The molecule has 0 saturated heterocycles. The molecule has 0 saturated carbocycles. The van der Waals surface area contributed by atoms with Crippen molar-refractivity contribution in [1.82, 2.24) is 15.0 Å². The smallest absolute Gasteiger partial charge is 0.106 e. The van der Waals surface area contributed by atoms with Gasteiger partial charge in [0.25, 0.3) is 0 Å². The van der Waals surface area contributed by atoms with Crippen molar-refractivity contribution in [2.24, 2.45) is 0 Å². The molecule has 0 amide bonds. The number of nitrogens with zero attached hydrogens (tertiary/aromatic N) is 3. The third-order valence-corrected chi connectivity index (χ3v) is 2.64. The highest BCUT2D eigenvalue weighted by Gasteiger charge is 2.19. The first-order valence-electron chi connectivity index (χ1n) is 6.20. The Morgan fingerprint density at radius 1 is 1.44 bits per heavy atom. The first-order valence-corrected chi connectivity index (χ1v) is 6.20. The van der Waals surface area contributed by atoms with E-state index in [2.05, 4.69) is 17.2 Å². The van der Waals surface area contributed by atoms with Crippen LogP contribution >= 0.6 is 0 Å². The maximum atomic E-state index is 9.94. The van der Waals surface area contributed by atoms with E-state index in [1.807, 2.05) is 6.08 Å². The van der Waals surface area contributed by atoms with Crippen LogP contribution in [-0.2, 0) is 6.42 Å². The second-order valence-corrected chi connectivity index (χ2v) is 4.12. The Morgan fingerprint density at radius 3 is 2.83 bits per heavy atom. The minimum Gasteiger partial charge on any atom is -0.396 e. The lowest BCUT2D eigenvalue weighted by Crippen LogP contribution is -2.26. The van der Waals surface area contributed by atoms with Crippen molar-refractivity contribution in [3.63, 3.8) is 0 Å². The molecule has 0 aliphatic carbocycles. The normalized spacial score (nSPS) is 15.1. The zero-order valence-electron chi connectivity index (χ0n) is 10.6. The van der Waals surface area contributed by atoms with Gasteiger partial charge in [0, 0.05) is 19.2 Å². The molecule has 1 heterocycles. The average Bonchev–Trinajstić information content (AvgIpc) is 2.79. The lowest BCUT2D eigenvalue weighted by Gasteiger charge is -2.17. The fraction of sp³-hybridized carbons (Fsp3) is 0.667. The summed E-state index contributed by atoms with van der Waals surface area (Å²) < 4.78 is 1.44. The Morgan fingerprint density at radius 2 is 2.22 bits per heavy atom. The molecule has 0 radical (unpaired) electrons. The Hall–Kier alpha value is -1.24. The maximum absolute atomic E-state index is 9.94. The van der Waals surface area contributed by atoms with Gasteiger partial charge in [-0.05, 0) is 6.42 Å². The Balaban J connectivity index is 2.68. The summed E-state index contributed by atoms with van der Waals surface area (Å²) in [4.78, 5) is 0. The van der Waals surface area contributed by atoms with Crippen LogP contribution in [0.5, 0.6) is 0 Å². The quantitative estimate of drug-likeness (QED) is 0.571. The highest BCUT2D eigenvalue weighted by atomic mass is 16.3. The molecule has 2 atom stereocenters. The van der Waals surface area contributed by atoms with Crippen molar-refractivity contribution in [2.75, 3.05) is 13.2 Å². The second kappa shape index (κ2) is 7.97.